The maximum absolute atomic E-state index is 3.24. The minimum absolute atomic E-state index is 0.735. The second kappa shape index (κ2) is 6.81. The minimum atomic E-state index is 0.735. The predicted octanol–water partition coefficient (Wildman–Crippen LogP) is 2.20. The average molecular weight is 141 g/mol. The van der Waals surface area contributed by atoms with Crippen LogP contribution < -0.4 is 5.32 Å². The van der Waals surface area contributed by atoms with E-state index in [0.717, 1.165) is 19.0 Å². The van der Waals surface area contributed by atoms with E-state index in [2.05, 4.69) is 38.2 Å². The summed E-state index contributed by atoms with van der Waals surface area (Å²) >= 11 is 0. The van der Waals surface area contributed by atoms with Crippen molar-refractivity contribution < 1.29 is 0 Å². The summed E-state index contributed by atoms with van der Waals surface area (Å²) in [5.74, 6) is 0.735. The van der Waals surface area contributed by atoms with Crippen molar-refractivity contribution in [3.8, 4) is 0 Å². The third-order valence-corrected chi connectivity index (χ3v) is 1.62. The summed E-state index contributed by atoms with van der Waals surface area (Å²) in [7, 11) is 0. The Bertz CT molecular complexity index is 86.7. The lowest BCUT2D eigenvalue weighted by Crippen LogP contribution is -2.11. The van der Waals surface area contributed by atoms with Crippen molar-refractivity contribution in [2.45, 2.75) is 27.2 Å². The molecule has 0 amide bonds. The molecule has 0 bridgehead atoms. The van der Waals surface area contributed by atoms with Gasteiger partial charge in [-0.3, -0.25) is 0 Å². The molecule has 0 rings (SSSR count). The molecule has 10 heavy (non-hydrogen) atoms. The standard InChI is InChI=1S/C9H19N/c1-4-9(3)7-6-8-10-5-2/h6-7,9-10H,4-5,8H2,1-3H3/b7-6-. The Labute approximate surface area is 64.5 Å². The second-order valence-corrected chi connectivity index (χ2v) is 2.62. The van der Waals surface area contributed by atoms with Crippen LogP contribution in [0.2, 0.25) is 0 Å². The summed E-state index contributed by atoms with van der Waals surface area (Å²) in [6, 6.07) is 0. The van der Waals surface area contributed by atoms with Gasteiger partial charge in [0.1, 0.15) is 0 Å². The highest BCUT2D eigenvalue weighted by Gasteiger charge is 1.88. The van der Waals surface area contributed by atoms with E-state index in [9.17, 15) is 0 Å². The molecular weight excluding hydrogens is 122 g/mol. The van der Waals surface area contributed by atoms with E-state index in [0.29, 0.717) is 0 Å². The van der Waals surface area contributed by atoms with Crippen LogP contribution in [0.3, 0.4) is 0 Å². The Morgan fingerprint density at radius 1 is 1.40 bits per heavy atom. The van der Waals surface area contributed by atoms with Crippen molar-refractivity contribution in [1.82, 2.24) is 5.32 Å². The van der Waals surface area contributed by atoms with Gasteiger partial charge in [0.15, 0.2) is 0 Å². The van der Waals surface area contributed by atoms with Crippen molar-refractivity contribution in [3.05, 3.63) is 12.2 Å². The van der Waals surface area contributed by atoms with Crippen LogP contribution in [-0.4, -0.2) is 13.1 Å². The molecule has 1 heteroatoms. The number of hydrogen-bond donors (Lipinski definition) is 1. The highest BCUT2D eigenvalue weighted by Crippen LogP contribution is 2.00. The van der Waals surface area contributed by atoms with E-state index in [1.54, 1.807) is 0 Å². The van der Waals surface area contributed by atoms with Gasteiger partial charge in [0, 0.05) is 6.54 Å². The van der Waals surface area contributed by atoms with Crippen molar-refractivity contribution in [3.63, 3.8) is 0 Å². The van der Waals surface area contributed by atoms with E-state index >= 15 is 0 Å². The molecular formula is C9H19N. The molecule has 0 saturated heterocycles. The number of hydrogen-bond acceptors (Lipinski definition) is 1. The van der Waals surface area contributed by atoms with Crippen LogP contribution in [0, 0.1) is 5.92 Å². The van der Waals surface area contributed by atoms with Gasteiger partial charge in [-0.25, -0.2) is 0 Å². The molecule has 0 aromatic heterocycles. The zero-order chi connectivity index (χ0) is 7.82. The van der Waals surface area contributed by atoms with E-state index in [4.69, 9.17) is 0 Å². The molecule has 0 aromatic rings. The quantitative estimate of drug-likeness (QED) is 0.457. The van der Waals surface area contributed by atoms with Gasteiger partial charge >= 0.3 is 0 Å². The number of allylic oxidation sites excluding steroid dienone is 1. The molecule has 0 saturated carbocycles. The van der Waals surface area contributed by atoms with Crippen LogP contribution in [0.25, 0.3) is 0 Å². The maximum atomic E-state index is 3.24. The summed E-state index contributed by atoms with van der Waals surface area (Å²) in [4.78, 5) is 0. The lowest BCUT2D eigenvalue weighted by atomic mass is 10.1. The Kier molecular flexibility index (Phi) is 6.61. The van der Waals surface area contributed by atoms with Crippen molar-refractivity contribution >= 4 is 0 Å². The lowest BCUT2D eigenvalue weighted by Gasteiger charge is -1.99. The molecule has 0 aliphatic carbocycles. The van der Waals surface area contributed by atoms with Gasteiger partial charge in [0.25, 0.3) is 0 Å². The highest BCUT2D eigenvalue weighted by molar-refractivity contribution is 4.87. The van der Waals surface area contributed by atoms with E-state index in [1.807, 2.05) is 0 Å². The van der Waals surface area contributed by atoms with Gasteiger partial charge in [0.2, 0.25) is 0 Å². The van der Waals surface area contributed by atoms with Crippen LogP contribution in [0.15, 0.2) is 12.2 Å². The first kappa shape index (κ1) is 9.70. The van der Waals surface area contributed by atoms with E-state index < -0.39 is 0 Å². The predicted molar refractivity (Wildman–Crippen MR) is 47.1 cm³/mol. The smallest absolute Gasteiger partial charge is 0.0134 e. The van der Waals surface area contributed by atoms with Crippen molar-refractivity contribution in [2.24, 2.45) is 5.92 Å². The fourth-order valence-corrected chi connectivity index (χ4v) is 0.664. The van der Waals surface area contributed by atoms with Crippen LogP contribution >= 0.6 is 0 Å². The van der Waals surface area contributed by atoms with Crippen LogP contribution in [-0.2, 0) is 0 Å². The third-order valence-electron chi connectivity index (χ3n) is 1.62. The van der Waals surface area contributed by atoms with Crippen LogP contribution in [0.1, 0.15) is 27.2 Å². The van der Waals surface area contributed by atoms with Crippen LogP contribution in [0.5, 0.6) is 0 Å². The fourth-order valence-electron chi connectivity index (χ4n) is 0.664. The highest BCUT2D eigenvalue weighted by atomic mass is 14.8. The molecule has 1 unspecified atom stereocenters. The zero-order valence-electron chi connectivity index (χ0n) is 7.35. The van der Waals surface area contributed by atoms with Crippen LogP contribution in [0.4, 0.5) is 0 Å². The van der Waals surface area contributed by atoms with Gasteiger partial charge in [-0.15, -0.1) is 0 Å². The molecule has 0 heterocycles. The topological polar surface area (TPSA) is 12.0 Å². The maximum Gasteiger partial charge on any atom is 0.0134 e. The largest absolute Gasteiger partial charge is 0.314 e. The first-order chi connectivity index (χ1) is 4.81. The summed E-state index contributed by atoms with van der Waals surface area (Å²) in [6.45, 7) is 8.65. The first-order valence-electron chi connectivity index (χ1n) is 4.18. The van der Waals surface area contributed by atoms with E-state index in [1.165, 1.54) is 6.42 Å². The minimum Gasteiger partial charge on any atom is -0.314 e. The molecule has 60 valence electrons. The molecule has 0 fully saturated rings. The van der Waals surface area contributed by atoms with Gasteiger partial charge in [-0.2, -0.15) is 0 Å². The molecule has 0 aliphatic heterocycles. The Hall–Kier alpha value is -0.300. The van der Waals surface area contributed by atoms with Gasteiger partial charge < -0.3 is 5.32 Å². The molecule has 0 aliphatic rings. The summed E-state index contributed by atoms with van der Waals surface area (Å²) in [5, 5.41) is 3.24. The van der Waals surface area contributed by atoms with Gasteiger partial charge in [0.05, 0.1) is 0 Å². The molecule has 1 N–H and O–H groups in total. The Morgan fingerprint density at radius 3 is 2.60 bits per heavy atom. The third kappa shape index (κ3) is 5.83. The Morgan fingerprint density at radius 2 is 2.10 bits per heavy atom. The van der Waals surface area contributed by atoms with Gasteiger partial charge in [-0.1, -0.05) is 39.3 Å². The van der Waals surface area contributed by atoms with Gasteiger partial charge in [-0.05, 0) is 12.5 Å². The number of nitrogens with one attached hydrogen (secondary N) is 1. The van der Waals surface area contributed by atoms with Crippen molar-refractivity contribution in [2.75, 3.05) is 13.1 Å². The SMILES string of the molecule is CCNC/C=C\C(C)CC. The lowest BCUT2D eigenvalue weighted by molar-refractivity contribution is 0.692. The normalized spacial score (nSPS) is 14.3. The average Bonchev–Trinajstić information content (AvgIpc) is 1.98. The first-order valence-corrected chi connectivity index (χ1v) is 4.18. The molecule has 0 aromatic carbocycles. The van der Waals surface area contributed by atoms with Crippen molar-refractivity contribution in [1.29, 1.82) is 0 Å². The summed E-state index contributed by atoms with van der Waals surface area (Å²) in [5.41, 5.74) is 0. The Balaban J connectivity index is 3.18. The summed E-state index contributed by atoms with van der Waals surface area (Å²) < 4.78 is 0. The molecule has 1 nitrogen and oxygen atoms in total. The monoisotopic (exact) mass is 141 g/mol. The fraction of sp³-hybridized carbons (Fsp3) is 0.778. The summed E-state index contributed by atoms with van der Waals surface area (Å²) in [6.07, 6.45) is 5.71. The zero-order valence-corrected chi connectivity index (χ0v) is 7.35. The number of rotatable bonds is 5. The number of likely N-dealkylation sites (N-methyl/N-ethyl adjacent to an activating group) is 1. The molecule has 0 radical (unpaired) electrons. The molecule has 1 atom stereocenters. The van der Waals surface area contributed by atoms with E-state index in [-0.39, 0.29) is 0 Å². The molecule has 0 spiro atoms. The second-order valence-electron chi connectivity index (χ2n) is 2.62.